The fraction of sp³-hybridized carbons (Fsp3) is 0.333. The molecule has 2 N–H and O–H groups in total. The fourth-order valence-corrected chi connectivity index (χ4v) is 5.08. The Balaban J connectivity index is 2.88. The van der Waals surface area contributed by atoms with Crippen molar-refractivity contribution >= 4 is 9.84 Å². The maximum atomic E-state index is 13.2. The average Bonchev–Trinajstić information content (AvgIpc) is 2.46. The van der Waals surface area contributed by atoms with E-state index in [1.807, 2.05) is 0 Å². The summed E-state index contributed by atoms with van der Waals surface area (Å²) in [5.41, 5.74) is 3.18. The zero-order chi connectivity index (χ0) is 17.7. The molecule has 0 bridgehead atoms. The largest absolute Gasteiger partial charge is 0.507 e. The molecule has 0 aliphatic heterocycles. The standard InChI is InChI=1S/C18H22O4S/c1-9-7-11(3)18(14(6)17(9)20)23(21,22)15-8-10(2)16(19)13(5)12(15)4/h7-8,19-20H,1-6H3. The lowest BCUT2D eigenvalue weighted by atomic mass is 10.1. The summed E-state index contributed by atoms with van der Waals surface area (Å²) in [5, 5.41) is 20.1. The van der Waals surface area contributed by atoms with Crippen molar-refractivity contribution < 1.29 is 18.6 Å². The van der Waals surface area contributed by atoms with Crippen LogP contribution in [0.1, 0.15) is 33.4 Å². The van der Waals surface area contributed by atoms with Crippen LogP contribution in [-0.4, -0.2) is 18.6 Å². The Labute approximate surface area is 137 Å². The van der Waals surface area contributed by atoms with Gasteiger partial charge in [0, 0.05) is 5.56 Å². The lowest BCUT2D eigenvalue weighted by Gasteiger charge is -2.18. The first-order chi connectivity index (χ1) is 10.5. The third-order valence-electron chi connectivity index (χ3n) is 4.43. The van der Waals surface area contributed by atoms with Gasteiger partial charge in [-0.2, -0.15) is 0 Å². The molecule has 0 atom stereocenters. The highest BCUT2D eigenvalue weighted by Crippen LogP contribution is 2.38. The molecule has 0 amide bonds. The van der Waals surface area contributed by atoms with Gasteiger partial charge in [-0.25, -0.2) is 8.42 Å². The topological polar surface area (TPSA) is 74.6 Å². The van der Waals surface area contributed by atoms with Crippen LogP contribution in [0.5, 0.6) is 11.5 Å². The number of phenols is 2. The van der Waals surface area contributed by atoms with E-state index in [-0.39, 0.29) is 21.3 Å². The van der Waals surface area contributed by atoms with Crippen LogP contribution in [0.25, 0.3) is 0 Å². The van der Waals surface area contributed by atoms with Gasteiger partial charge in [0.15, 0.2) is 0 Å². The second-order valence-corrected chi connectivity index (χ2v) is 7.96. The number of benzene rings is 2. The maximum Gasteiger partial charge on any atom is 0.207 e. The molecule has 2 rings (SSSR count). The van der Waals surface area contributed by atoms with Gasteiger partial charge < -0.3 is 10.2 Å². The fourth-order valence-electron chi connectivity index (χ4n) is 2.99. The Morgan fingerprint density at radius 1 is 0.696 bits per heavy atom. The molecule has 0 saturated heterocycles. The van der Waals surface area contributed by atoms with Crippen LogP contribution < -0.4 is 0 Å². The van der Waals surface area contributed by atoms with Crippen molar-refractivity contribution in [2.75, 3.05) is 0 Å². The summed E-state index contributed by atoms with van der Waals surface area (Å²) in [7, 11) is -3.80. The van der Waals surface area contributed by atoms with Crippen molar-refractivity contribution in [2.24, 2.45) is 0 Å². The molecule has 4 nitrogen and oxygen atoms in total. The van der Waals surface area contributed by atoms with Crippen LogP contribution in [0, 0.1) is 41.5 Å². The van der Waals surface area contributed by atoms with Crippen LogP contribution in [0.4, 0.5) is 0 Å². The Kier molecular flexibility index (Phi) is 4.20. The molecule has 124 valence electrons. The van der Waals surface area contributed by atoms with Crippen molar-refractivity contribution in [2.45, 2.75) is 51.3 Å². The van der Waals surface area contributed by atoms with Gasteiger partial charge in [-0.15, -0.1) is 0 Å². The minimum absolute atomic E-state index is 0.000879. The molecular formula is C18H22O4S. The molecule has 0 radical (unpaired) electrons. The van der Waals surface area contributed by atoms with Gasteiger partial charge in [0.25, 0.3) is 0 Å². The first-order valence-electron chi connectivity index (χ1n) is 7.34. The zero-order valence-electron chi connectivity index (χ0n) is 14.3. The predicted molar refractivity (Wildman–Crippen MR) is 90.1 cm³/mol. The SMILES string of the molecule is Cc1cc(S(=O)(=O)c2c(C)cc(C)c(O)c2C)c(C)c(C)c1O. The monoisotopic (exact) mass is 334 g/mol. The Morgan fingerprint density at radius 3 is 1.74 bits per heavy atom. The minimum atomic E-state index is -3.80. The van der Waals surface area contributed by atoms with E-state index in [4.69, 9.17) is 0 Å². The van der Waals surface area contributed by atoms with Crippen LogP contribution in [0.2, 0.25) is 0 Å². The summed E-state index contributed by atoms with van der Waals surface area (Å²) >= 11 is 0. The number of phenolic OH excluding ortho intramolecular Hbond substituents is 2. The Morgan fingerprint density at radius 2 is 1.17 bits per heavy atom. The van der Waals surface area contributed by atoms with Crippen LogP contribution in [0.3, 0.4) is 0 Å². The maximum absolute atomic E-state index is 13.2. The van der Waals surface area contributed by atoms with Crippen molar-refractivity contribution in [3.8, 4) is 11.5 Å². The number of rotatable bonds is 2. The molecule has 5 heteroatoms. The van der Waals surface area contributed by atoms with Gasteiger partial charge in [-0.3, -0.25) is 0 Å². The number of sulfone groups is 1. The van der Waals surface area contributed by atoms with Gasteiger partial charge in [0.1, 0.15) is 11.5 Å². The highest BCUT2D eigenvalue weighted by atomic mass is 32.2. The first-order valence-corrected chi connectivity index (χ1v) is 8.83. The second kappa shape index (κ2) is 5.57. The molecule has 2 aromatic carbocycles. The number of hydrogen-bond donors (Lipinski definition) is 2. The van der Waals surface area contributed by atoms with E-state index >= 15 is 0 Å². The van der Waals surface area contributed by atoms with Gasteiger partial charge >= 0.3 is 0 Å². The smallest absolute Gasteiger partial charge is 0.207 e. The third-order valence-corrected chi connectivity index (χ3v) is 6.60. The molecule has 0 fully saturated rings. The van der Waals surface area contributed by atoms with E-state index in [1.165, 1.54) is 6.07 Å². The van der Waals surface area contributed by atoms with E-state index < -0.39 is 9.84 Å². The molecule has 23 heavy (non-hydrogen) atoms. The summed E-state index contributed by atoms with van der Waals surface area (Å²) in [6.45, 7) is 10.1. The van der Waals surface area contributed by atoms with E-state index in [2.05, 4.69) is 0 Å². The minimum Gasteiger partial charge on any atom is -0.507 e. The predicted octanol–water partition coefficient (Wildman–Crippen LogP) is 3.78. The lowest BCUT2D eigenvalue weighted by Crippen LogP contribution is -2.10. The molecule has 0 aliphatic rings. The van der Waals surface area contributed by atoms with Crippen LogP contribution >= 0.6 is 0 Å². The normalized spacial score (nSPS) is 11.7. The van der Waals surface area contributed by atoms with Crippen molar-refractivity contribution in [1.29, 1.82) is 0 Å². The summed E-state index contributed by atoms with van der Waals surface area (Å²) in [6, 6.07) is 3.16. The van der Waals surface area contributed by atoms with Gasteiger partial charge in [0.05, 0.1) is 9.79 Å². The van der Waals surface area contributed by atoms with Crippen molar-refractivity contribution in [3.63, 3.8) is 0 Å². The summed E-state index contributed by atoms with van der Waals surface area (Å²) in [5.74, 6) is 0.112. The average molecular weight is 334 g/mol. The summed E-state index contributed by atoms with van der Waals surface area (Å²) in [4.78, 5) is 0.299. The van der Waals surface area contributed by atoms with E-state index in [0.717, 1.165) is 0 Å². The van der Waals surface area contributed by atoms with E-state index in [0.29, 0.717) is 33.4 Å². The Bertz CT molecular complexity index is 910. The molecule has 0 aliphatic carbocycles. The zero-order valence-corrected chi connectivity index (χ0v) is 15.1. The van der Waals surface area contributed by atoms with Crippen LogP contribution in [-0.2, 0) is 9.84 Å². The van der Waals surface area contributed by atoms with Gasteiger partial charge in [0.2, 0.25) is 9.84 Å². The molecule has 0 saturated carbocycles. The highest BCUT2D eigenvalue weighted by Gasteiger charge is 2.28. The molecule has 0 aromatic heterocycles. The van der Waals surface area contributed by atoms with E-state index in [1.54, 1.807) is 47.6 Å². The van der Waals surface area contributed by atoms with Crippen molar-refractivity contribution in [3.05, 3.63) is 45.5 Å². The molecule has 0 unspecified atom stereocenters. The summed E-state index contributed by atoms with van der Waals surface area (Å²) in [6.07, 6.45) is 0. The van der Waals surface area contributed by atoms with E-state index in [9.17, 15) is 18.6 Å². The quantitative estimate of drug-likeness (QED) is 0.876. The molecular weight excluding hydrogens is 312 g/mol. The first kappa shape index (κ1) is 17.3. The second-order valence-electron chi connectivity index (χ2n) is 6.11. The number of hydrogen-bond acceptors (Lipinski definition) is 4. The summed E-state index contributed by atoms with van der Waals surface area (Å²) < 4.78 is 26.4. The number of aromatic hydroxyl groups is 2. The highest BCUT2D eigenvalue weighted by molar-refractivity contribution is 7.91. The Hall–Kier alpha value is -2.01. The van der Waals surface area contributed by atoms with Gasteiger partial charge in [-0.1, -0.05) is 6.07 Å². The van der Waals surface area contributed by atoms with Crippen molar-refractivity contribution in [1.82, 2.24) is 0 Å². The molecule has 0 spiro atoms. The molecule has 0 heterocycles. The van der Waals surface area contributed by atoms with Crippen LogP contribution in [0.15, 0.2) is 21.9 Å². The molecule has 2 aromatic rings. The lowest BCUT2D eigenvalue weighted by molar-refractivity contribution is 0.463. The van der Waals surface area contributed by atoms with Gasteiger partial charge in [-0.05, 0) is 75.4 Å². The number of aryl methyl sites for hydroxylation is 3. The third kappa shape index (κ3) is 2.59.